The van der Waals surface area contributed by atoms with Crippen molar-refractivity contribution >= 4 is 54.9 Å². The van der Waals surface area contributed by atoms with Gasteiger partial charge in [-0.3, -0.25) is 4.98 Å². The highest BCUT2D eigenvalue weighted by atomic mass is 79.9. The molecule has 0 spiro atoms. The number of thioether (sulfide) groups is 1. The van der Waals surface area contributed by atoms with Crippen molar-refractivity contribution < 1.29 is 0 Å². The quantitative estimate of drug-likeness (QED) is 0.674. The van der Waals surface area contributed by atoms with Gasteiger partial charge in [-0.25, -0.2) is 4.98 Å². The molecular weight excluding hydrogens is 354 g/mol. The Morgan fingerprint density at radius 1 is 1.30 bits per heavy atom. The van der Waals surface area contributed by atoms with Gasteiger partial charge < -0.3 is 5.32 Å². The Hall–Kier alpha value is -1.11. The van der Waals surface area contributed by atoms with Crippen LogP contribution in [-0.4, -0.2) is 16.2 Å². The SMILES string of the molecule is CSc1nc2ccc(NCc3ccc(Br)cn3)cc2s1. The summed E-state index contributed by atoms with van der Waals surface area (Å²) in [5.41, 5.74) is 3.17. The van der Waals surface area contributed by atoms with Gasteiger partial charge in [0.1, 0.15) is 0 Å². The van der Waals surface area contributed by atoms with Gasteiger partial charge in [-0.2, -0.15) is 0 Å². The normalized spacial score (nSPS) is 10.9. The molecule has 1 N–H and O–H groups in total. The number of rotatable bonds is 4. The number of aromatic nitrogens is 2. The maximum atomic E-state index is 4.54. The van der Waals surface area contributed by atoms with Crippen molar-refractivity contribution in [2.75, 3.05) is 11.6 Å². The second kappa shape index (κ2) is 6.11. The van der Waals surface area contributed by atoms with Crippen LogP contribution in [0.5, 0.6) is 0 Å². The van der Waals surface area contributed by atoms with Crippen molar-refractivity contribution in [3.8, 4) is 0 Å². The van der Waals surface area contributed by atoms with Crippen molar-refractivity contribution in [3.05, 3.63) is 46.7 Å². The summed E-state index contributed by atoms with van der Waals surface area (Å²) in [6.45, 7) is 0.715. The number of hydrogen-bond acceptors (Lipinski definition) is 5. The van der Waals surface area contributed by atoms with Crippen LogP contribution in [0.2, 0.25) is 0 Å². The van der Waals surface area contributed by atoms with E-state index in [1.165, 1.54) is 4.70 Å². The number of nitrogens with one attached hydrogen (secondary N) is 1. The fourth-order valence-electron chi connectivity index (χ4n) is 1.80. The summed E-state index contributed by atoms with van der Waals surface area (Å²) < 4.78 is 3.31. The summed E-state index contributed by atoms with van der Waals surface area (Å²) in [4.78, 5) is 8.89. The average molecular weight is 366 g/mol. The number of benzene rings is 1. The first-order valence-corrected chi connectivity index (χ1v) is 8.87. The van der Waals surface area contributed by atoms with Gasteiger partial charge >= 0.3 is 0 Å². The molecule has 0 fully saturated rings. The zero-order chi connectivity index (χ0) is 13.9. The Labute approximate surface area is 134 Å². The van der Waals surface area contributed by atoms with Gasteiger partial charge in [-0.15, -0.1) is 11.3 Å². The fraction of sp³-hybridized carbons (Fsp3) is 0.143. The van der Waals surface area contributed by atoms with Crippen molar-refractivity contribution in [3.63, 3.8) is 0 Å². The van der Waals surface area contributed by atoms with Crippen LogP contribution in [0.1, 0.15) is 5.69 Å². The van der Waals surface area contributed by atoms with E-state index in [9.17, 15) is 0 Å². The van der Waals surface area contributed by atoms with Gasteiger partial charge in [0.05, 0.1) is 22.5 Å². The molecule has 20 heavy (non-hydrogen) atoms. The lowest BCUT2D eigenvalue weighted by Crippen LogP contribution is -2.00. The van der Waals surface area contributed by atoms with E-state index in [1.54, 1.807) is 23.1 Å². The molecule has 0 atom stereocenters. The molecule has 2 heterocycles. The highest BCUT2D eigenvalue weighted by Crippen LogP contribution is 2.30. The number of nitrogens with zero attached hydrogens (tertiary/aromatic N) is 2. The Bertz CT molecular complexity index is 725. The number of halogens is 1. The molecule has 0 aliphatic heterocycles. The largest absolute Gasteiger partial charge is 0.379 e. The topological polar surface area (TPSA) is 37.8 Å². The first-order chi connectivity index (χ1) is 9.74. The summed E-state index contributed by atoms with van der Waals surface area (Å²) in [7, 11) is 0. The zero-order valence-electron chi connectivity index (χ0n) is 10.8. The van der Waals surface area contributed by atoms with Crippen LogP contribution in [-0.2, 0) is 6.54 Å². The van der Waals surface area contributed by atoms with E-state index in [0.717, 1.165) is 25.7 Å². The molecule has 3 rings (SSSR count). The molecule has 0 amide bonds. The average Bonchev–Trinajstić information content (AvgIpc) is 2.89. The highest BCUT2D eigenvalue weighted by molar-refractivity contribution is 9.10. The Morgan fingerprint density at radius 3 is 2.95 bits per heavy atom. The van der Waals surface area contributed by atoms with E-state index < -0.39 is 0 Å². The minimum atomic E-state index is 0.715. The fourth-order valence-corrected chi connectivity index (χ4v) is 3.57. The second-order valence-corrected chi connectivity index (χ2v) is 7.19. The third-order valence-corrected chi connectivity index (χ3v) is 5.28. The van der Waals surface area contributed by atoms with E-state index in [0.29, 0.717) is 6.54 Å². The van der Waals surface area contributed by atoms with Crippen molar-refractivity contribution in [2.24, 2.45) is 0 Å². The minimum Gasteiger partial charge on any atom is -0.379 e. The van der Waals surface area contributed by atoms with Gasteiger partial charge in [-0.05, 0) is 52.5 Å². The molecular formula is C14H12BrN3S2. The molecule has 6 heteroatoms. The number of hydrogen-bond donors (Lipinski definition) is 1. The number of anilines is 1. The lowest BCUT2D eigenvalue weighted by atomic mass is 10.3. The molecule has 3 aromatic rings. The summed E-state index contributed by atoms with van der Waals surface area (Å²) >= 11 is 6.80. The number of pyridine rings is 1. The van der Waals surface area contributed by atoms with Crippen LogP contribution in [0.3, 0.4) is 0 Å². The van der Waals surface area contributed by atoms with E-state index in [4.69, 9.17) is 0 Å². The summed E-state index contributed by atoms with van der Waals surface area (Å²) in [5.74, 6) is 0. The van der Waals surface area contributed by atoms with Crippen LogP contribution in [0.15, 0.2) is 45.3 Å². The van der Waals surface area contributed by atoms with Crippen molar-refractivity contribution in [1.29, 1.82) is 0 Å². The molecule has 0 saturated heterocycles. The van der Waals surface area contributed by atoms with Crippen LogP contribution < -0.4 is 5.32 Å². The molecule has 0 unspecified atom stereocenters. The summed E-state index contributed by atoms with van der Waals surface area (Å²) in [6.07, 6.45) is 3.87. The maximum Gasteiger partial charge on any atom is 0.150 e. The van der Waals surface area contributed by atoms with Crippen LogP contribution >= 0.6 is 39.0 Å². The molecule has 0 radical (unpaired) electrons. The lowest BCUT2D eigenvalue weighted by Gasteiger charge is -2.05. The lowest BCUT2D eigenvalue weighted by molar-refractivity contribution is 1.04. The van der Waals surface area contributed by atoms with Gasteiger partial charge in [0.2, 0.25) is 0 Å². The van der Waals surface area contributed by atoms with Gasteiger partial charge in [0.25, 0.3) is 0 Å². The van der Waals surface area contributed by atoms with Crippen LogP contribution in [0, 0.1) is 0 Å². The maximum absolute atomic E-state index is 4.54. The van der Waals surface area contributed by atoms with E-state index >= 15 is 0 Å². The third kappa shape index (κ3) is 3.13. The Morgan fingerprint density at radius 2 is 2.20 bits per heavy atom. The van der Waals surface area contributed by atoms with Crippen molar-refractivity contribution in [1.82, 2.24) is 9.97 Å². The molecule has 2 aromatic heterocycles. The molecule has 0 aliphatic carbocycles. The predicted molar refractivity (Wildman–Crippen MR) is 90.7 cm³/mol. The standard InChI is InChI=1S/C14H12BrN3S2/c1-19-14-18-12-5-4-10(6-13(12)20-14)17-8-11-3-2-9(15)7-16-11/h2-7,17H,8H2,1H3. The van der Waals surface area contributed by atoms with Gasteiger partial charge in [-0.1, -0.05) is 11.8 Å². The smallest absolute Gasteiger partial charge is 0.150 e. The van der Waals surface area contributed by atoms with E-state index in [-0.39, 0.29) is 0 Å². The van der Waals surface area contributed by atoms with E-state index in [1.807, 2.05) is 18.3 Å². The molecule has 0 aliphatic rings. The summed E-state index contributed by atoms with van der Waals surface area (Å²) in [6, 6.07) is 10.3. The zero-order valence-corrected chi connectivity index (χ0v) is 14.0. The molecule has 0 saturated carbocycles. The van der Waals surface area contributed by atoms with Gasteiger partial charge in [0, 0.05) is 16.4 Å². The third-order valence-electron chi connectivity index (χ3n) is 2.81. The Balaban J connectivity index is 1.75. The van der Waals surface area contributed by atoms with E-state index in [2.05, 4.69) is 55.7 Å². The number of thiazole rings is 1. The summed E-state index contributed by atoms with van der Waals surface area (Å²) in [5, 5.41) is 3.39. The second-order valence-electron chi connectivity index (χ2n) is 4.19. The molecule has 102 valence electrons. The Kier molecular flexibility index (Phi) is 4.24. The number of fused-ring (bicyclic) bond motifs is 1. The minimum absolute atomic E-state index is 0.715. The van der Waals surface area contributed by atoms with Crippen molar-refractivity contribution in [2.45, 2.75) is 10.9 Å². The monoisotopic (exact) mass is 365 g/mol. The highest BCUT2D eigenvalue weighted by Gasteiger charge is 2.04. The molecule has 3 nitrogen and oxygen atoms in total. The van der Waals surface area contributed by atoms with Crippen LogP contribution in [0.4, 0.5) is 5.69 Å². The predicted octanol–water partition coefficient (Wildman–Crippen LogP) is 4.79. The first kappa shape index (κ1) is 13.9. The van der Waals surface area contributed by atoms with Gasteiger partial charge in [0.15, 0.2) is 4.34 Å². The van der Waals surface area contributed by atoms with Crippen LogP contribution in [0.25, 0.3) is 10.2 Å². The first-order valence-electron chi connectivity index (χ1n) is 6.03. The molecule has 0 bridgehead atoms. The molecule has 1 aromatic carbocycles.